The Balaban J connectivity index is 1.38. The molecule has 3 heterocycles. The number of rotatable bonds is 6. The van der Waals surface area contributed by atoms with E-state index in [9.17, 15) is 0 Å². The van der Waals surface area contributed by atoms with Crippen LogP contribution in [0.3, 0.4) is 0 Å². The summed E-state index contributed by atoms with van der Waals surface area (Å²) in [5, 5.41) is 4.31. The minimum Gasteiger partial charge on any atom is -0.380 e. The third-order valence-corrected chi connectivity index (χ3v) is 6.20. The van der Waals surface area contributed by atoms with Gasteiger partial charge in [0, 0.05) is 57.1 Å². The molecule has 5 nitrogen and oxygen atoms in total. The molecule has 24 heavy (non-hydrogen) atoms. The number of hydrogen-bond acceptors (Lipinski definition) is 4. The Bertz CT molecular complexity index is 542. The summed E-state index contributed by atoms with van der Waals surface area (Å²) in [6.07, 6.45) is 12.2. The number of nitrogens with zero attached hydrogens (tertiary/aromatic N) is 3. The normalized spacial score (nSPS) is 31.6. The molecule has 0 unspecified atom stereocenters. The molecule has 0 bridgehead atoms. The van der Waals surface area contributed by atoms with Crippen molar-refractivity contribution >= 4 is 0 Å². The zero-order chi connectivity index (χ0) is 16.4. The lowest BCUT2D eigenvalue weighted by molar-refractivity contribution is -0.157. The standard InChI is InChI=1S/C19H31N3O2/c1-21-11-17(10-20-21)12-22-8-6-18-19(14-22,7-3-9-24-18)15-23-13-16-4-2-5-16/h10-11,16,18H,2-9,12-15H2,1H3/t18-,19-/m1/s1. The van der Waals surface area contributed by atoms with E-state index in [0.717, 1.165) is 51.8 Å². The summed E-state index contributed by atoms with van der Waals surface area (Å²) >= 11 is 0. The first-order valence-electron chi connectivity index (χ1n) is 9.63. The van der Waals surface area contributed by atoms with Gasteiger partial charge < -0.3 is 9.47 Å². The lowest BCUT2D eigenvalue weighted by atomic mass is 9.73. The molecule has 3 aliphatic rings. The van der Waals surface area contributed by atoms with Crippen LogP contribution >= 0.6 is 0 Å². The summed E-state index contributed by atoms with van der Waals surface area (Å²) in [5.41, 5.74) is 1.50. The van der Waals surface area contributed by atoms with Crippen LogP contribution in [0.25, 0.3) is 0 Å². The van der Waals surface area contributed by atoms with Crippen LogP contribution in [-0.4, -0.2) is 53.7 Å². The Morgan fingerprint density at radius 1 is 1.33 bits per heavy atom. The molecular weight excluding hydrogens is 302 g/mol. The van der Waals surface area contributed by atoms with Crippen molar-refractivity contribution in [1.82, 2.24) is 14.7 Å². The predicted molar refractivity (Wildman–Crippen MR) is 92.7 cm³/mol. The fourth-order valence-corrected chi connectivity index (χ4v) is 4.63. The van der Waals surface area contributed by atoms with Crippen molar-refractivity contribution in [1.29, 1.82) is 0 Å². The van der Waals surface area contributed by atoms with Crippen molar-refractivity contribution < 1.29 is 9.47 Å². The maximum atomic E-state index is 6.22. The summed E-state index contributed by atoms with van der Waals surface area (Å²) in [6.45, 7) is 5.96. The Morgan fingerprint density at radius 3 is 3.00 bits per heavy atom. The van der Waals surface area contributed by atoms with Crippen LogP contribution in [-0.2, 0) is 23.1 Å². The van der Waals surface area contributed by atoms with E-state index in [-0.39, 0.29) is 5.41 Å². The Hall–Kier alpha value is -0.910. The second-order valence-corrected chi connectivity index (χ2v) is 8.16. The third-order valence-electron chi connectivity index (χ3n) is 6.20. The Morgan fingerprint density at radius 2 is 2.25 bits per heavy atom. The van der Waals surface area contributed by atoms with Crippen molar-refractivity contribution in [2.75, 3.05) is 32.9 Å². The Labute approximate surface area is 145 Å². The second kappa shape index (κ2) is 7.14. The molecule has 2 atom stereocenters. The fraction of sp³-hybridized carbons (Fsp3) is 0.842. The van der Waals surface area contributed by atoms with E-state index < -0.39 is 0 Å². The van der Waals surface area contributed by atoms with Crippen LogP contribution in [0.4, 0.5) is 0 Å². The molecular formula is C19H31N3O2. The molecule has 2 aliphatic heterocycles. The zero-order valence-electron chi connectivity index (χ0n) is 15.0. The van der Waals surface area contributed by atoms with Crippen LogP contribution in [0, 0.1) is 11.3 Å². The average molecular weight is 333 g/mol. The third kappa shape index (κ3) is 3.53. The van der Waals surface area contributed by atoms with Crippen LogP contribution in [0.2, 0.25) is 0 Å². The van der Waals surface area contributed by atoms with Crippen LogP contribution < -0.4 is 0 Å². The molecule has 3 fully saturated rings. The van der Waals surface area contributed by atoms with E-state index >= 15 is 0 Å². The summed E-state index contributed by atoms with van der Waals surface area (Å²) in [7, 11) is 1.99. The molecule has 1 aromatic heterocycles. The molecule has 2 saturated heterocycles. The highest BCUT2D eigenvalue weighted by Gasteiger charge is 2.46. The molecule has 0 amide bonds. The number of fused-ring (bicyclic) bond motifs is 1. The van der Waals surface area contributed by atoms with E-state index in [1.54, 1.807) is 0 Å². The van der Waals surface area contributed by atoms with E-state index in [1.165, 1.54) is 37.7 Å². The molecule has 1 saturated carbocycles. The monoisotopic (exact) mass is 333 g/mol. The number of likely N-dealkylation sites (tertiary alicyclic amines) is 1. The van der Waals surface area contributed by atoms with Gasteiger partial charge in [-0.1, -0.05) is 6.42 Å². The smallest absolute Gasteiger partial charge is 0.0677 e. The van der Waals surface area contributed by atoms with Crippen LogP contribution in [0.5, 0.6) is 0 Å². The molecule has 5 heteroatoms. The van der Waals surface area contributed by atoms with E-state index in [2.05, 4.69) is 16.2 Å². The second-order valence-electron chi connectivity index (χ2n) is 8.16. The topological polar surface area (TPSA) is 39.5 Å². The summed E-state index contributed by atoms with van der Waals surface area (Å²) in [5.74, 6) is 0.819. The highest BCUT2D eigenvalue weighted by Crippen LogP contribution is 2.41. The van der Waals surface area contributed by atoms with Crippen molar-refractivity contribution in [3.05, 3.63) is 18.0 Å². The van der Waals surface area contributed by atoms with Gasteiger partial charge in [-0.15, -0.1) is 0 Å². The maximum Gasteiger partial charge on any atom is 0.0677 e. The summed E-state index contributed by atoms with van der Waals surface area (Å²) < 4.78 is 14.3. The van der Waals surface area contributed by atoms with Gasteiger partial charge in [0.25, 0.3) is 0 Å². The molecule has 0 aromatic carbocycles. The van der Waals surface area contributed by atoms with Gasteiger partial charge in [0.05, 0.1) is 18.9 Å². The zero-order valence-corrected chi connectivity index (χ0v) is 15.0. The van der Waals surface area contributed by atoms with Crippen molar-refractivity contribution in [2.45, 2.75) is 51.2 Å². The van der Waals surface area contributed by atoms with Gasteiger partial charge in [0.1, 0.15) is 0 Å². The molecule has 0 radical (unpaired) electrons. The van der Waals surface area contributed by atoms with Crippen LogP contribution in [0.1, 0.15) is 44.1 Å². The first kappa shape index (κ1) is 16.6. The molecule has 4 rings (SSSR count). The van der Waals surface area contributed by atoms with Gasteiger partial charge in [-0.3, -0.25) is 9.58 Å². The van der Waals surface area contributed by atoms with Gasteiger partial charge in [0.15, 0.2) is 0 Å². The van der Waals surface area contributed by atoms with Gasteiger partial charge in [-0.25, -0.2) is 0 Å². The number of aryl methyl sites for hydroxylation is 1. The minimum absolute atomic E-state index is 0.197. The maximum absolute atomic E-state index is 6.22. The molecule has 0 N–H and O–H groups in total. The fourth-order valence-electron chi connectivity index (χ4n) is 4.63. The number of ether oxygens (including phenoxy) is 2. The summed E-state index contributed by atoms with van der Waals surface area (Å²) in [6, 6.07) is 0. The van der Waals surface area contributed by atoms with Gasteiger partial charge in [0.2, 0.25) is 0 Å². The quantitative estimate of drug-likeness (QED) is 0.802. The van der Waals surface area contributed by atoms with Crippen molar-refractivity contribution in [3.63, 3.8) is 0 Å². The van der Waals surface area contributed by atoms with Gasteiger partial charge in [-0.05, 0) is 38.0 Å². The Kier molecular flexibility index (Phi) is 4.93. The largest absolute Gasteiger partial charge is 0.380 e. The molecule has 1 aliphatic carbocycles. The first-order chi connectivity index (χ1) is 11.7. The highest BCUT2D eigenvalue weighted by molar-refractivity contribution is 5.05. The minimum atomic E-state index is 0.197. The van der Waals surface area contributed by atoms with Gasteiger partial charge >= 0.3 is 0 Å². The highest BCUT2D eigenvalue weighted by atomic mass is 16.5. The number of hydrogen-bond donors (Lipinski definition) is 0. The molecule has 134 valence electrons. The van der Waals surface area contributed by atoms with Crippen molar-refractivity contribution in [2.24, 2.45) is 18.4 Å². The van der Waals surface area contributed by atoms with E-state index in [1.807, 2.05) is 17.9 Å². The number of piperidine rings is 1. The number of aromatic nitrogens is 2. The lowest BCUT2D eigenvalue weighted by Crippen LogP contribution is -2.56. The average Bonchev–Trinajstić information content (AvgIpc) is 2.94. The van der Waals surface area contributed by atoms with E-state index in [0.29, 0.717) is 6.10 Å². The summed E-state index contributed by atoms with van der Waals surface area (Å²) in [4.78, 5) is 2.58. The molecule has 1 aromatic rings. The van der Waals surface area contributed by atoms with E-state index in [4.69, 9.17) is 9.47 Å². The SMILES string of the molecule is Cn1cc(CN2CC[C@H]3OCCC[C@]3(COCC3CCC3)C2)cn1. The first-order valence-corrected chi connectivity index (χ1v) is 9.63. The van der Waals surface area contributed by atoms with Gasteiger partial charge in [-0.2, -0.15) is 5.10 Å². The lowest BCUT2D eigenvalue weighted by Gasteiger charge is -2.50. The van der Waals surface area contributed by atoms with Crippen molar-refractivity contribution in [3.8, 4) is 0 Å². The predicted octanol–water partition coefficient (Wildman–Crippen LogP) is 2.61. The van der Waals surface area contributed by atoms with Crippen LogP contribution in [0.15, 0.2) is 12.4 Å². The molecule has 0 spiro atoms.